The molecule has 148 valence electrons. The Morgan fingerprint density at radius 3 is 2.87 bits per heavy atom. The highest BCUT2D eigenvalue weighted by Crippen LogP contribution is 2.28. The standard InChI is InChI=1S/C24H21N5O/c1-29-16-26-24-20(6-3-7-23(24)29)17-4-2-5-19(9-8-17)30-15-22-21(14-27-28-22)18-10-12-25-13-11-18/h3-14,16H,2,15H2,1H3,(H,27,28). The molecule has 1 aliphatic rings. The zero-order valence-electron chi connectivity index (χ0n) is 16.6. The van der Waals surface area contributed by atoms with E-state index in [-0.39, 0.29) is 0 Å². The summed E-state index contributed by atoms with van der Waals surface area (Å²) in [6.45, 7) is 0.416. The molecule has 1 N–H and O–H groups in total. The Morgan fingerprint density at radius 2 is 1.97 bits per heavy atom. The molecule has 1 aliphatic carbocycles. The lowest BCUT2D eigenvalue weighted by molar-refractivity contribution is 0.207. The molecule has 6 heteroatoms. The van der Waals surface area contributed by atoms with Gasteiger partial charge in [-0.1, -0.05) is 24.3 Å². The van der Waals surface area contributed by atoms with Gasteiger partial charge in [-0.05, 0) is 47.9 Å². The monoisotopic (exact) mass is 395 g/mol. The van der Waals surface area contributed by atoms with E-state index in [0.29, 0.717) is 6.61 Å². The van der Waals surface area contributed by atoms with E-state index in [0.717, 1.165) is 51.2 Å². The van der Waals surface area contributed by atoms with Gasteiger partial charge in [-0.3, -0.25) is 10.1 Å². The van der Waals surface area contributed by atoms with E-state index < -0.39 is 0 Å². The van der Waals surface area contributed by atoms with Crippen LogP contribution >= 0.6 is 0 Å². The van der Waals surface area contributed by atoms with Crippen molar-refractivity contribution < 1.29 is 4.74 Å². The van der Waals surface area contributed by atoms with Crippen molar-refractivity contribution in [2.75, 3.05) is 0 Å². The van der Waals surface area contributed by atoms with E-state index in [1.807, 2.05) is 42.3 Å². The van der Waals surface area contributed by atoms with Gasteiger partial charge in [-0.2, -0.15) is 5.10 Å². The lowest BCUT2D eigenvalue weighted by Gasteiger charge is -2.07. The number of benzene rings is 1. The van der Waals surface area contributed by atoms with Gasteiger partial charge in [0, 0.05) is 30.6 Å². The normalized spacial score (nSPS) is 13.8. The van der Waals surface area contributed by atoms with Crippen LogP contribution in [-0.4, -0.2) is 24.7 Å². The fourth-order valence-corrected chi connectivity index (χ4v) is 3.67. The molecular formula is C24H21N5O. The van der Waals surface area contributed by atoms with Gasteiger partial charge in [0.2, 0.25) is 0 Å². The molecule has 1 aromatic carbocycles. The topological polar surface area (TPSA) is 68.6 Å². The van der Waals surface area contributed by atoms with Crippen LogP contribution in [0.5, 0.6) is 0 Å². The van der Waals surface area contributed by atoms with Gasteiger partial charge in [-0.25, -0.2) is 4.98 Å². The highest BCUT2D eigenvalue weighted by atomic mass is 16.5. The number of hydrogen-bond donors (Lipinski definition) is 1. The number of pyridine rings is 1. The summed E-state index contributed by atoms with van der Waals surface area (Å²) in [5.74, 6) is 0.838. The number of rotatable bonds is 5. The second-order valence-corrected chi connectivity index (χ2v) is 7.15. The van der Waals surface area contributed by atoms with Crippen molar-refractivity contribution in [2.24, 2.45) is 7.05 Å². The largest absolute Gasteiger partial charge is 0.488 e. The molecule has 0 amide bonds. The molecule has 0 spiro atoms. The van der Waals surface area contributed by atoms with Gasteiger partial charge in [-0.15, -0.1) is 0 Å². The van der Waals surface area contributed by atoms with Gasteiger partial charge in [0.05, 0.1) is 29.3 Å². The molecule has 0 saturated heterocycles. The Labute approximate surface area is 174 Å². The van der Waals surface area contributed by atoms with E-state index in [1.165, 1.54) is 0 Å². The number of aromatic nitrogens is 5. The molecule has 4 aromatic rings. The van der Waals surface area contributed by atoms with E-state index in [2.05, 4.69) is 56.6 Å². The molecule has 0 bridgehead atoms. The van der Waals surface area contributed by atoms with Gasteiger partial charge in [0.25, 0.3) is 0 Å². The average Bonchev–Trinajstić information content (AvgIpc) is 3.33. The van der Waals surface area contributed by atoms with Crippen molar-refractivity contribution >= 4 is 16.6 Å². The quantitative estimate of drug-likeness (QED) is 0.527. The summed E-state index contributed by atoms with van der Waals surface area (Å²) in [5.41, 5.74) is 7.44. The molecule has 0 unspecified atom stereocenters. The first kappa shape index (κ1) is 18.1. The smallest absolute Gasteiger partial charge is 0.130 e. The SMILES string of the molecule is Cn1cnc2c(C3=CCC=C(OCc4[nH]ncc4-c4ccncc4)C=C3)cccc21. The minimum absolute atomic E-state index is 0.416. The minimum Gasteiger partial charge on any atom is -0.488 e. The molecule has 0 atom stereocenters. The Balaban J connectivity index is 1.32. The van der Waals surface area contributed by atoms with Crippen LogP contribution in [0.4, 0.5) is 0 Å². The minimum atomic E-state index is 0.416. The summed E-state index contributed by atoms with van der Waals surface area (Å²) in [7, 11) is 2.01. The molecular weight excluding hydrogens is 374 g/mol. The maximum absolute atomic E-state index is 6.08. The number of nitrogens with one attached hydrogen (secondary N) is 1. The van der Waals surface area contributed by atoms with Gasteiger partial charge >= 0.3 is 0 Å². The van der Waals surface area contributed by atoms with Gasteiger partial charge in [0.15, 0.2) is 0 Å². The van der Waals surface area contributed by atoms with Crippen LogP contribution in [0.15, 0.2) is 85.3 Å². The van der Waals surface area contributed by atoms with Gasteiger partial charge < -0.3 is 9.30 Å². The van der Waals surface area contributed by atoms with Crippen molar-refractivity contribution in [1.29, 1.82) is 0 Å². The van der Waals surface area contributed by atoms with Crippen LogP contribution in [0.2, 0.25) is 0 Å². The number of H-pyrrole nitrogens is 1. The molecule has 0 radical (unpaired) electrons. The maximum Gasteiger partial charge on any atom is 0.130 e. The van der Waals surface area contributed by atoms with Crippen molar-refractivity contribution in [3.63, 3.8) is 0 Å². The number of allylic oxidation sites excluding steroid dienone is 5. The number of aryl methyl sites for hydroxylation is 1. The highest BCUT2D eigenvalue weighted by Gasteiger charge is 2.11. The number of para-hydroxylation sites is 1. The van der Waals surface area contributed by atoms with Crippen LogP contribution in [0.3, 0.4) is 0 Å². The number of hydrogen-bond acceptors (Lipinski definition) is 4. The summed E-state index contributed by atoms with van der Waals surface area (Å²) in [4.78, 5) is 8.65. The molecule has 0 saturated carbocycles. The third-order valence-corrected chi connectivity index (χ3v) is 5.24. The number of fused-ring (bicyclic) bond motifs is 1. The van der Waals surface area contributed by atoms with E-state index in [4.69, 9.17) is 4.74 Å². The molecule has 30 heavy (non-hydrogen) atoms. The van der Waals surface area contributed by atoms with E-state index in [1.54, 1.807) is 12.4 Å². The summed E-state index contributed by atoms with van der Waals surface area (Å²) in [6.07, 6.45) is 16.4. The Hall–Kier alpha value is -3.93. The molecule has 5 rings (SSSR count). The molecule has 3 aromatic heterocycles. The Kier molecular flexibility index (Phi) is 4.73. The second-order valence-electron chi connectivity index (χ2n) is 7.15. The zero-order valence-corrected chi connectivity index (χ0v) is 16.6. The molecule has 0 aliphatic heterocycles. The molecule has 0 fully saturated rings. The van der Waals surface area contributed by atoms with Crippen molar-refractivity contribution in [3.05, 3.63) is 96.6 Å². The fourth-order valence-electron chi connectivity index (χ4n) is 3.67. The summed E-state index contributed by atoms with van der Waals surface area (Å²) < 4.78 is 8.12. The fraction of sp³-hybridized carbons (Fsp3) is 0.125. The Bertz CT molecular complexity index is 1280. The first-order chi connectivity index (χ1) is 14.8. The average molecular weight is 395 g/mol. The first-order valence-electron chi connectivity index (χ1n) is 9.84. The van der Waals surface area contributed by atoms with E-state index in [9.17, 15) is 0 Å². The number of nitrogens with zero attached hydrogens (tertiary/aromatic N) is 4. The predicted octanol–water partition coefficient (Wildman–Crippen LogP) is 4.80. The first-order valence-corrected chi connectivity index (χ1v) is 9.84. The van der Waals surface area contributed by atoms with E-state index >= 15 is 0 Å². The molecule has 3 heterocycles. The van der Waals surface area contributed by atoms with Crippen molar-refractivity contribution in [3.8, 4) is 11.1 Å². The number of imidazole rings is 1. The lowest BCUT2D eigenvalue weighted by Crippen LogP contribution is -1.95. The summed E-state index contributed by atoms with van der Waals surface area (Å²) in [5, 5.41) is 7.23. The van der Waals surface area contributed by atoms with Crippen LogP contribution in [0.25, 0.3) is 27.7 Å². The molecule has 6 nitrogen and oxygen atoms in total. The maximum atomic E-state index is 6.08. The zero-order chi connectivity index (χ0) is 20.3. The Morgan fingerprint density at radius 1 is 1.07 bits per heavy atom. The highest BCUT2D eigenvalue weighted by molar-refractivity contribution is 5.92. The van der Waals surface area contributed by atoms with Crippen LogP contribution in [-0.2, 0) is 18.4 Å². The van der Waals surface area contributed by atoms with Crippen LogP contribution in [0.1, 0.15) is 17.7 Å². The number of aromatic amines is 1. The summed E-state index contributed by atoms with van der Waals surface area (Å²) in [6, 6.07) is 10.2. The third kappa shape index (κ3) is 3.43. The van der Waals surface area contributed by atoms with Crippen molar-refractivity contribution in [2.45, 2.75) is 13.0 Å². The van der Waals surface area contributed by atoms with Crippen molar-refractivity contribution in [1.82, 2.24) is 24.7 Å². The predicted molar refractivity (Wildman–Crippen MR) is 117 cm³/mol. The lowest BCUT2D eigenvalue weighted by atomic mass is 10.0. The van der Waals surface area contributed by atoms with Gasteiger partial charge in [0.1, 0.15) is 12.4 Å². The number of ether oxygens (including phenoxy) is 1. The van der Waals surface area contributed by atoms with Crippen LogP contribution < -0.4 is 0 Å². The second kappa shape index (κ2) is 7.83. The summed E-state index contributed by atoms with van der Waals surface area (Å²) >= 11 is 0. The van der Waals surface area contributed by atoms with Crippen LogP contribution in [0, 0.1) is 0 Å². The third-order valence-electron chi connectivity index (χ3n) is 5.24.